The Balaban J connectivity index is 4.26. The Bertz CT molecular complexity index is 155. The molecule has 0 aromatic carbocycles. The van der Waals surface area contributed by atoms with E-state index >= 15 is 0 Å². The van der Waals surface area contributed by atoms with Gasteiger partial charge in [-0.15, -0.1) is 0 Å². The van der Waals surface area contributed by atoms with Gasteiger partial charge in [-0.05, 0) is 18.3 Å². The molecule has 2 N–H and O–H groups in total. The van der Waals surface area contributed by atoms with E-state index in [9.17, 15) is 0 Å². The SMILES string of the molecule is CC(C)CC(N)(C#N)C(C)C. The van der Waals surface area contributed by atoms with Crippen LogP contribution in [-0.2, 0) is 0 Å². The molecule has 0 aliphatic carbocycles. The van der Waals surface area contributed by atoms with E-state index in [0.29, 0.717) is 5.92 Å². The van der Waals surface area contributed by atoms with Crippen molar-refractivity contribution in [2.75, 3.05) is 0 Å². The van der Waals surface area contributed by atoms with Crippen molar-refractivity contribution in [2.24, 2.45) is 17.6 Å². The minimum atomic E-state index is -0.631. The maximum atomic E-state index is 8.83. The van der Waals surface area contributed by atoms with Gasteiger partial charge in [-0.3, -0.25) is 0 Å². The van der Waals surface area contributed by atoms with Gasteiger partial charge in [-0.1, -0.05) is 27.7 Å². The molecule has 1 unspecified atom stereocenters. The molecule has 0 rings (SSSR count). The van der Waals surface area contributed by atoms with Crippen molar-refractivity contribution >= 4 is 0 Å². The Morgan fingerprint density at radius 3 is 1.91 bits per heavy atom. The van der Waals surface area contributed by atoms with Gasteiger partial charge in [0.05, 0.1) is 6.07 Å². The highest BCUT2D eigenvalue weighted by molar-refractivity contribution is 5.06. The first-order chi connectivity index (χ1) is 4.92. The van der Waals surface area contributed by atoms with Gasteiger partial charge in [0, 0.05) is 0 Å². The molecule has 0 fully saturated rings. The van der Waals surface area contributed by atoms with E-state index in [1.165, 1.54) is 0 Å². The highest BCUT2D eigenvalue weighted by Gasteiger charge is 2.29. The van der Waals surface area contributed by atoms with Crippen LogP contribution in [0.1, 0.15) is 34.1 Å². The predicted octanol–water partition coefficient (Wildman–Crippen LogP) is 1.91. The summed E-state index contributed by atoms with van der Waals surface area (Å²) in [5, 5.41) is 8.83. The van der Waals surface area contributed by atoms with Gasteiger partial charge in [0.1, 0.15) is 5.54 Å². The van der Waals surface area contributed by atoms with Crippen molar-refractivity contribution in [3.8, 4) is 6.07 Å². The molecule has 0 aliphatic heterocycles. The number of nitriles is 1. The predicted molar refractivity (Wildman–Crippen MR) is 46.8 cm³/mol. The fourth-order valence-corrected chi connectivity index (χ4v) is 1.09. The molecule has 1 atom stereocenters. The first-order valence-corrected chi connectivity index (χ1v) is 4.12. The van der Waals surface area contributed by atoms with Crippen LogP contribution in [0.3, 0.4) is 0 Å². The van der Waals surface area contributed by atoms with E-state index in [1.54, 1.807) is 0 Å². The molecule has 0 aromatic rings. The Hall–Kier alpha value is -0.550. The van der Waals surface area contributed by atoms with Gasteiger partial charge in [-0.25, -0.2) is 0 Å². The fourth-order valence-electron chi connectivity index (χ4n) is 1.09. The van der Waals surface area contributed by atoms with Crippen molar-refractivity contribution in [3.05, 3.63) is 0 Å². The van der Waals surface area contributed by atoms with Gasteiger partial charge < -0.3 is 5.73 Å². The molecule has 11 heavy (non-hydrogen) atoms. The average Bonchev–Trinajstić information content (AvgIpc) is 1.86. The molecule has 0 amide bonds. The lowest BCUT2D eigenvalue weighted by Crippen LogP contribution is -2.44. The third kappa shape index (κ3) is 2.90. The van der Waals surface area contributed by atoms with Crippen molar-refractivity contribution < 1.29 is 0 Å². The molecule has 64 valence electrons. The van der Waals surface area contributed by atoms with Crippen LogP contribution in [0.25, 0.3) is 0 Å². The molecular weight excluding hydrogens is 136 g/mol. The summed E-state index contributed by atoms with van der Waals surface area (Å²) in [7, 11) is 0. The molecule has 0 radical (unpaired) electrons. The normalized spacial score (nSPS) is 16.5. The smallest absolute Gasteiger partial charge is 0.106 e. The van der Waals surface area contributed by atoms with E-state index in [2.05, 4.69) is 19.9 Å². The quantitative estimate of drug-likeness (QED) is 0.675. The Kier molecular flexibility index (Phi) is 3.54. The van der Waals surface area contributed by atoms with Crippen LogP contribution in [-0.4, -0.2) is 5.54 Å². The summed E-state index contributed by atoms with van der Waals surface area (Å²) in [6, 6.07) is 2.19. The van der Waals surface area contributed by atoms with Gasteiger partial charge in [0.2, 0.25) is 0 Å². The largest absolute Gasteiger partial charge is 0.313 e. The lowest BCUT2D eigenvalue weighted by atomic mass is 9.82. The molecule has 2 heteroatoms. The van der Waals surface area contributed by atoms with E-state index in [-0.39, 0.29) is 5.92 Å². The fraction of sp³-hybridized carbons (Fsp3) is 0.889. The van der Waals surface area contributed by atoms with Crippen molar-refractivity contribution in [1.82, 2.24) is 0 Å². The second kappa shape index (κ2) is 3.73. The molecule has 0 spiro atoms. The van der Waals surface area contributed by atoms with Crippen LogP contribution in [0, 0.1) is 23.2 Å². The summed E-state index contributed by atoms with van der Waals surface area (Å²) in [6.07, 6.45) is 0.779. The first kappa shape index (κ1) is 10.4. The second-order valence-electron chi connectivity index (χ2n) is 3.90. The van der Waals surface area contributed by atoms with E-state index in [0.717, 1.165) is 6.42 Å². The van der Waals surface area contributed by atoms with Crippen LogP contribution < -0.4 is 5.73 Å². The molecular formula is C9H18N2. The van der Waals surface area contributed by atoms with E-state index in [4.69, 9.17) is 11.0 Å². The van der Waals surface area contributed by atoms with Gasteiger partial charge >= 0.3 is 0 Å². The maximum absolute atomic E-state index is 8.83. The summed E-state index contributed by atoms with van der Waals surface area (Å²) < 4.78 is 0. The molecule has 0 heterocycles. The van der Waals surface area contributed by atoms with Crippen molar-refractivity contribution in [2.45, 2.75) is 39.7 Å². The van der Waals surface area contributed by atoms with Crippen LogP contribution in [0.15, 0.2) is 0 Å². The maximum Gasteiger partial charge on any atom is 0.106 e. The topological polar surface area (TPSA) is 49.8 Å². The molecule has 0 saturated carbocycles. The minimum absolute atomic E-state index is 0.231. The standard InChI is InChI=1S/C9H18N2/c1-7(2)5-9(11,6-10)8(3)4/h7-8H,5,11H2,1-4H3. The van der Waals surface area contributed by atoms with E-state index in [1.807, 2.05) is 13.8 Å². The number of nitrogens with two attached hydrogens (primary N) is 1. The number of hydrogen-bond acceptors (Lipinski definition) is 2. The summed E-state index contributed by atoms with van der Waals surface area (Å²) in [5.41, 5.74) is 5.25. The highest BCUT2D eigenvalue weighted by Crippen LogP contribution is 2.21. The third-order valence-corrected chi connectivity index (χ3v) is 1.98. The minimum Gasteiger partial charge on any atom is -0.313 e. The molecule has 0 aromatic heterocycles. The Labute approximate surface area is 69.4 Å². The Morgan fingerprint density at radius 1 is 1.36 bits per heavy atom. The molecule has 0 saturated heterocycles. The van der Waals surface area contributed by atoms with Crippen LogP contribution >= 0.6 is 0 Å². The van der Waals surface area contributed by atoms with Crippen LogP contribution in [0.5, 0.6) is 0 Å². The monoisotopic (exact) mass is 154 g/mol. The van der Waals surface area contributed by atoms with Gasteiger partial charge in [0.15, 0.2) is 0 Å². The molecule has 0 aliphatic rings. The zero-order valence-electron chi connectivity index (χ0n) is 7.89. The van der Waals surface area contributed by atoms with Crippen molar-refractivity contribution in [1.29, 1.82) is 5.26 Å². The molecule has 0 bridgehead atoms. The Morgan fingerprint density at radius 2 is 1.82 bits per heavy atom. The summed E-state index contributed by atoms with van der Waals surface area (Å²) >= 11 is 0. The number of rotatable bonds is 3. The number of hydrogen-bond donors (Lipinski definition) is 1. The summed E-state index contributed by atoms with van der Waals surface area (Å²) in [6.45, 7) is 8.15. The highest BCUT2D eigenvalue weighted by atomic mass is 14.8. The van der Waals surface area contributed by atoms with Gasteiger partial charge in [0.25, 0.3) is 0 Å². The average molecular weight is 154 g/mol. The second-order valence-corrected chi connectivity index (χ2v) is 3.90. The lowest BCUT2D eigenvalue weighted by molar-refractivity contribution is 0.327. The zero-order chi connectivity index (χ0) is 9.07. The number of nitrogens with zero attached hydrogens (tertiary/aromatic N) is 1. The van der Waals surface area contributed by atoms with Crippen LogP contribution in [0.4, 0.5) is 0 Å². The first-order valence-electron chi connectivity index (χ1n) is 4.12. The lowest BCUT2D eigenvalue weighted by Gasteiger charge is -2.27. The van der Waals surface area contributed by atoms with Crippen LogP contribution in [0.2, 0.25) is 0 Å². The molecule has 2 nitrogen and oxygen atoms in total. The van der Waals surface area contributed by atoms with E-state index < -0.39 is 5.54 Å². The zero-order valence-corrected chi connectivity index (χ0v) is 7.89. The summed E-state index contributed by atoms with van der Waals surface area (Å²) in [5.74, 6) is 0.719. The van der Waals surface area contributed by atoms with Crippen molar-refractivity contribution in [3.63, 3.8) is 0 Å². The van der Waals surface area contributed by atoms with Gasteiger partial charge in [-0.2, -0.15) is 5.26 Å². The summed E-state index contributed by atoms with van der Waals surface area (Å²) in [4.78, 5) is 0. The third-order valence-electron chi connectivity index (χ3n) is 1.98.